The molecule has 5 heteroatoms. The lowest BCUT2D eigenvalue weighted by Gasteiger charge is -2.20. The molecule has 5 nitrogen and oxygen atoms in total. The minimum absolute atomic E-state index is 0.0401. The second kappa shape index (κ2) is 6.72. The Hall–Kier alpha value is -2.86. The molecule has 1 fully saturated rings. The Balaban J connectivity index is 2.09. The number of nitrogens with two attached hydrogens (primary N) is 1. The molecule has 2 N–H and O–H groups in total. The molecular formula is C19H17N3O2. The third-order valence-electron chi connectivity index (χ3n) is 4.03. The summed E-state index contributed by atoms with van der Waals surface area (Å²) in [6.45, 7) is 3.14. The van der Waals surface area contributed by atoms with Gasteiger partial charge in [-0.25, -0.2) is 0 Å². The first kappa shape index (κ1) is 16.0. The van der Waals surface area contributed by atoms with E-state index >= 15 is 0 Å². The molecule has 2 aromatic rings. The Morgan fingerprint density at radius 2 is 2.08 bits per heavy atom. The van der Waals surface area contributed by atoms with E-state index in [1.807, 2.05) is 23.6 Å². The summed E-state index contributed by atoms with van der Waals surface area (Å²) in [6, 6.07) is 11.1. The molecule has 2 heterocycles. The number of hydrogen-bond acceptors (Lipinski definition) is 4. The number of rotatable bonds is 3. The quantitative estimate of drug-likeness (QED) is 0.691. The standard InChI is InChI=1S/C19H17N3O2/c1-13-18(19(23)10-21)8-17(7-4-15-11-24-12-15)22(13)16-5-2-14(9-20)3-6-16/h2-3,5-6,8,15H,10-12,21H2,1H3. The Morgan fingerprint density at radius 3 is 2.62 bits per heavy atom. The van der Waals surface area contributed by atoms with E-state index in [1.165, 1.54) is 0 Å². The highest BCUT2D eigenvalue weighted by atomic mass is 16.5. The largest absolute Gasteiger partial charge is 0.379 e. The fraction of sp³-hybridized carbons (Fsp3) is 0.263. The lowest BCUT2D eigenvalue weighted by Crippen LogP contribution is -2.25. The molecule has 1 aliphatic heterocycles. The summed E-state index contributed by atoms with van der Waals surface area (Å²) in [5, 5.41) is 8.95. The predicted octanol–water partition coefficient (Wildman–Crippen LogP) is 1.80. The van der Waals surface area contributed by atoms with Crippen LogP contribution in [0.15, 0.2) is 30.3 Å². The SMILES string of the molecule is Cc1c(C(=O)CN)cc(C#CC2COC2)n1-c1ccc(C#N)cc1. The van der Waals surface area contributed by atoms with Crippen molar-refractivity contribution in [2.24, 2.45) is 11.7 Å². The van der Waals surface area contributed by atoms with Gasteiger partial charge < -0.3 is 15.0 Å². The number of aromatic nitrogens is 1. The van der Waals surface area contributed by atoms with Crippen molar-refractivity contribution in [3.63, 3.8) is 0 Å². The minimum Gasteiger partial charge on any atom is -0.379 e. The van der Waals surface area contributed by atoms with Crippen molar-refractivity contribution in [3.8, 4) is 23.6 Å². The smallest absolute Gasteiger partial charge is 0.178 e. The van der Waals surface area contributed by atoms with Crippen molar-refractivity contribution in [1.29, 1.82) is 5.26 Å². The van der Waals surface area contributed by atoms with Gasteiger partial charge in [0.1, 0.15) is 0 Å². The summed E-state index contributed by atoms with van der Waals surface area (Å²) in [6.07, 6.45) is 0. The van der Waals surface area contributed by atoms with Crippen LogP contribution in [0.4, 0.5) is 0 Å². The molecule has 0 radical (unpaired) electrons. The van der Waals surface area contributed by atoms with Crippen molar-refractivity contribution in [1.82, 2.24) is 4.57 Å². The highest BCUT2D eigenvalue weighted by molar-refractivity contribution is 5.99. The molecule has 0 amide bonds. The number of ketones is 1. The molecule has 3 rings (SSSR count). The maximum absolute atomic E-state index is 12.1. The lowest BCUT2D eigenvalue weighted by molar-refractivity contribution is -0.00301. The number of ether oxygens (including phenoxy) is 1. The van der Waals surface area contributed by atoms with Crippen LogP contribution < -0.4 is 5.73 Å². The summed E-state index contributed by atoms with van der Waals surface area (Å²) in [4.78, 5) is 12.1. The van der Waals surface area contributed by atoms with Crippen LogP contribution in [0.3, 0.4) is 0 Å². The molecule has 0 saturated carbocycles. The molecule has 1 aliphatic rings. The third-order valence-corrected chi connectivity index (χ3v) is 4.03. The average molecular weight is 319 g/mol. The number of carbonyl (C=O) groups excluding carboxylic acids is 1. The van der Waals surface area contributed by atoms with E-state index < -0.39 is 0 Å². The highest BCUT2D eigenvalue weighted by Crippen LogP contribution is 2.22. The molecular weight excluding hydrogens is 302 g/mol. The molecule has 0 aliphatic carbocycles. The molecule has 0 bridgehead atoms. The van der Waals surface area contributed by atoms with Crippen molar-refractivity contribution in [2.45, 2.75) is 6.92 Å². The summed E-state index contributed by atoms with van der Waals surface area (Å²) >= 11 is 0. The molecule has 24 heavy (non-hydrogen) atoms. The van der Waals surface area contributed by atoms with Crippen molar-refractivity contribution < 1.29 is 9.53 Å². The maximum Gasteiger partial charge on any atom is 0.178 e. The van der Waals surface area contributed by atoms with Crippen LogP contribution in [0.1, 0.15) is 27.3 Å². The molecule has 1 aromatic carbocycles. The fourth-order valence-electron chi connectivity index (χ4n) is 2.60. The van der Waals surface area contributed by atoms with Gasteiger partial charge in [-0.05, 0) is 43.2 Å². The van der Waals surface area contributed by atoms with Gasteiger partial charge in [0.15, 0.2) is 5.78 Å². The van der Waals surface area contributed by atoms with E-state index in [0.29, 0.717) is 24.3 Å². The molecule has 0 spiro atoms. The van der Waals surface area contributed by atoms with Crippen molar-refractivity contribution in [2.75, 3.05) is 19.8 Å². The van der Waals surface area contributed by atoms with Crippen LogP contribution in [-0.4, -0.2) is 30.1 Å². The van der Waals surface area contributed by atoms with Crippen LogP contribution in [0, 0.1) is 36.0 Å². The van der Waals surface area contributed by atoms with Crippen LogP contribution in [-0.2, 0) is 4.74 Å². The molecule has 0 atom stereocenters. The number of nitriles is 1. The number of hydrogen-bond donors (Lipinski definition) is 1. The first-order valence-electron chi connectivity index (χ1n) is 7.69. The van der Waals surface area contributed by atoms with E-state index in [4.69, 9.17) is 15.7 Å². The summed E-state index contributed by atoms with van der Waals surface area (Å²) in [5.74, 6) is 6.46. The number of benzene rings is 1. The Bertz CT molecular complexity index is 872. The number of Topliss-reactive ketones (excluding diaryl/α,β-unsaturated/α-hetero) is 1. The zero-order valence-electron chi connectivity index (χ0n) is 13.4. The minimum atomic E-state index is -0.116. The summed E-state index contributed by atoms with van der Waals surface area (Å²) < 4.78 is 7.06. The predicted molar refractivity (Wildman–Crippen MR) is 89.8 cm³/mol. The van der Waals surface area contributed by atoms with Gasteiger partial charge >= 0.3 is 0 Å². The Kier molecular flexibility index (Phi) is 4.48. The normalized spacial score (nSPS) is 13.5. The van der Waals surface area contributed by atoms with E-state index in [2.05, 4.69) is 17.9 Å². The average Bonchev–Trinajstić information content (AvgIpc) is 2.89. The molecule has 1 aromatic heterocycles. The van der Waals surface area contributed by atoms with Gasteiger partial charge in [0.2, 0.25) is 0 Å². The lowest BCUT2D eigenvalue weighted by atomic mass is 10.1. The molecule has 1 saturated heterocycles. The van der Waals surface area contributed by atoms with E-state index in [9.17, 15) is 4.79 Å². The third kappa shape index (κ3) is 2.96. The fourth-order valence-corrected chi connectivity index (χ4v) is 2.60. The summed E-state index contributed by atoms with van der Waals surface area (Å²) in [7, 11) is 0. The van der Waals surface area contributed by atoms with E-state index in [-0.39, 0.29) is 18.2 Å². The Morgan fingerprint density at radius 1 is 1.38 bits per heavy atom. The van der Waals surface area contributed by atoms with Gasteiger partial charge in [-0.15, -0.1) is 0 Å². The van der Waals surface area contributed by atoms with Gasteiger partial charge in [0, 0.05) is 16.9 Å². The van der Waals surface area contributed by atoms with Gasteiger partial charge in [-0.1, -0.05) is 5.92 Å². The van der Waals surface area contributed by atoms with Crippen LogP contribution in [0.5, 0.6) is 0 Å². The Labute approximate surface area is 140 Å². The summed E-state index contributed by atoms with van der Waals surface area (Å²) in [5.41, 5.74) is 9.07. The first-order chi connectivity index (χ1) is 11.6. The van der Waals surface area contributed by atoms with E-state index in [0.717, 1.165) is 17.1 Å². The molecule has 120 valence electrons. The number of nitrogens with zero attached hydrogens (tertiary/aromatic N) is 2. The van der Waals surface area contributed by atoms with Gasteiger partial charge in [0.05, 0.1) is 43.0 Å². The van der Waals surface area contributed by atoms with E-state index in [1.54, 1.807) is 18.2 Å². The second-order valence-electron chi connectivity index (χ2n) is 5.65. The van der Waals surface area contributed by atoms with Gasteiger partial charge in [-0.3, -0.25) is 4.79 Å². The van der Waals surface area contributed by atoms with Gasteiger partial charge in [-0.2, -0.15) is 5.26 Å². The molecule has 0 unspecified atom stereocenters. The monoisotopic (exact) mass is 319 g/mol. The topological polar surface area (TPSA) is 81.0 Å². The first-order valence-corrected chi connectivity index (χ1v) is 7.69. The van der Waals surface area contributed by atoms with Gasteiger partial charge in [0.25, 0.3) is 0 Å². The maximum atomic E-state index is 12.1. The van der Waals surface area contributed by atoms with Crippen LogP contribution in [0.25, 0.3) is 5.69 Å². The van der Waals surface area contributed by atoms with Crippen molar-refractivity contribution in [3.05, 3.63) is 52.8 Å². The zero-order chi connectivity index (χ0) is 17.1. The van der Waals surface area contributed by atoms with Crippen molar-refractivity contribution >= 4 is 5.78 Å². The van der Waals surface area contributed by atoms with Crippen LogP contribution in [0.2, 0.25) is 0 Å². The zero-order valence-corrected chi connectivity index (χ0v) is 13.4. The second-order valence-corrected chi connectivity index (χ2v) is 5.65. The van der Waals surface area contributed by atoms with Crippen LogP contribution >= 0.6 is 0 Å². The highest BCUT2D eigenvalue weighted by Gasteiger charge is 2.18. The number of carbonyl (C=O) groups is 1.